The van der Waals surface area contributed by atoms with Crippen molar-refractivity contribution >= 4 is 34.6 Å². The maximum Gasteiger partial charge on any atom is 0.418 e. The van der Waals surface area contributed by atoms with E-state index >= 15 is 0 Å². The number of pyridine rings is 1. The van der Waals surface area contributed by atoms with E-state index in [1.165, 1.54) is 26.4 Å². The topological polar surface area (TPSA) is 67.3 Å². The molecule has 0 radical (unpaired) electrons. The van der Waals surface area contributed by atoms with Gasteiger partial charge in [0.05, 0.1) is 22.3 Å². The highest BCUT2D eigenvalue weighted by Crippen LogP contribution is 2.60. The number of rotatable bonds is 2. The summed E-state index contributed by atoms with van der Waals surface area (Å²) in [5.41, 5.74) is -3.29. The summed E-state index contributed by atoms with van der Waals surface area (Å²) in [6, 6.07) is 4.39. The number of carbonyl (C=O) groups excluding carboxylic acids is 1. The summed E-state index contributed by atoms with van der Waals surface area (Å²) in [6.07, 6.45) is -2.33. The molecule has 1 fully saturated rings. The molecule has 2 aromatic rings. The molecule has 4 rings (SSSR count). The monoisotopic (exact) mass is 385 g/mol. The second-order valence-electron chi connectivity index (χ2n) is 5.92. The number of hydrogen-bond donors (Lipinski definition) is 0. The zero-order valence-electron chi connectivity index (χ0n) is 13.5. The van der Waals surface area contributed by atoms with Gasteiger partial charge in [0, 0.05) is 31.3 Å². The summed E-state index contributed by atoms with van der Waals surface area (Å²) in [7, 11) is 2.54. The molecule has 1 saturated heterocycles. The molecule has 0 N–H and O–H groups in total. The van der Waals surface area contributed by atoms with Crippen molar-refractivity contribution in [2.75, 3.05) is 14.2 Å². The van der Waals surface area contributed by atoms with Crippen LogP contribution in [-0.2, 0) is 26.0 Å². The van der Waals surface area contributed by atoms with Crippen LogP contribution in [0.3, 0.4) is 0 Å². The molecule has 0 bridgehead atoms. The quantitative estimate of drug-likeness (QED) is 0.745. The molecule has 3 heterocycles. The fourth-order valence-corrected chi connectivity index (χ4v) is 3.65. The van der Waals surface area contributed by atoms with E-state index in [9.17, 15) is 18.0 Å². The van der Waals surface area contributed by atoms with Crippen molar-refractivity contribution in [3.05, 3.63) is 40.5 Å². The van der Waals surface area contributed by atoms with Crippen molar-refractivity contribution in [1.29, 1.82) is 0 Å². The Labute approximate surface area is 150 Å². The van der Waals surface area contributed by atoms with E-state index in [0.29, 0.717) is 5.39 Å². The average molecular weight is 386 g/mol. The molecule has 1 amide bonds. The van der Waals surface area contributed by atoms with E-state index < -0.39 is 34.1 Å². The van der Waals surface area contributed by atoms with Gasteiger partial charge in [-0.2, -0.15) is 18.3 Å². The van der Waals surface area contributed by atoms with E-state index in [1.807, 2.05) is 0 Å². The van der Waals surface area contributed by atoms with Gasteiger partial charge in [0.15, 0.2) is 5.60 Å². The Bertz CT molecular complexity index is 980. The zero-order chi connectivity index (χ0) is 18.9. The van der Waals surface area contributed by atoms with Crippen LogP contribution in [0.2, 0.25) is 5.02 Å². The summed E-state index contributed by atoms with van der Waals surface area (Å²) in [4.78, 5) is 16.4. The lowest BCUT2D eigenvalue weighted by Gasteiger charge is -2.26. The van der Waals surface area contributed by atoms with Gasteiger partial charge in [0.2, 0.25) is 0 Å². The third kappa shape index (κ3) is 1.99. The number of hydrazone groups is 1. The first-order valence-electron chi connectivity index (χ1n) is 7.41. The van der Waals surface area contributed by atoms with Gasteiger partial charge in [0.1, 0.15) is 0 Å². The molecule has 2 aliphatic rings. The van der Waals surface area contributed by atoms with Crippen molar-refractivity contribution in [2.24, 2.45) is 5.10 Å². The molecule has 2 atom stereocenters. The van der Waals surface area contributed by atoms with Gasteiger partial charge in [-0.05, 0) is 12.1 Å². The van der Waals surface area contributed by atoms with E-state index in [0.717, 1.165) is 11.2 Å². The second kappa shape index (κ2) is 5.15. The van der Waals surface area contributed by atoms with Crippen LogP contribution in [-0.4, -0.2) is 42.1 Å². The molecule has 136 valence electrons. The molecular weight excluding hydrogens is 375 g/mol. The van der Waals surface area contributed by atoms with Gasteiger partial charge < -0.3 is 9.47 Å². The highest BCUT2D eigenvalue weighted by atomic mass is 35.5. The standard InChI is InChI=1S/C16H11ClF3N3O3/c1-23-13(24)15(25-2)14(26-15,7-22-23)9-6-8-4-3-5-21-12(8)11(17)10(9)16(18,19)20/h3-7H,1-2H3. The molecule has 1 aromatic heterocycles. The number of halogens is 4. The highest BCUT2D eigenvalue weighted by Gasteiger charge is 2.80. The predicted molar refractivity (Wildman–Crippen MR) is 85.5 cm³/mol. The van der Waals surface area contributed by atoms with E-state index in [4.69, 9.17) is 21.1 Å². The summed E-state index contributed by atoms with van der Waals surface area (Å²) >= 11 is 6.07. The number of hydrogen-bond acceptors (Lipinski definition) is 5. The summed E-state index contributed by atoms with van der Waals surface area (Å²) in [6.45, 7) is 0. The van der Waals surface area contributed by atoms with Crippen LogP contribution in [0.5, 0.6) is 0 Å². The largest absolute Gasteiger partial charge is 0.418 e. The Hall–Kier alpha value is -2.23. The third-order valence-corrected chi connectivity index (χ3v) is 4.91. The fourth-order valence-electron chi connectivity index (χ4n) is 3.28. The van der Waals surface area contributed by atoms with E-state index in [1.54, 1.807) is 12.1 Å². The summed E-state index contributed by atoms with van der Waals surface area (Å²) < 4.78 is 52.2. The van der Waals surface area contributed by atoms with Gasteiger partial charge in [0.25, 0.3) is 5.79 Å². The zero-order valence-corrected chi connectivity index (χ0v) is 14.2. The normalized spacial score (nSPS) is 27.8. The van der Waals surface area contributed by atoms with Crippen LogP contribution < -0.4 is 0 Å². The lowest BCUT2D eigenvalue weighted by molar-refractivity contribution is -0.153. The number of alkyl halides is 3. The smallest absolute Gasteiger partial charge is 0.343 e. The van der Waals surface area contributed by atoms with Crippen LogP contribution >= 0.6 is 11.6 Å². The number of aromatic nitrogens is 1. The van der Waals surface area contributed by atoms with Crippen molar-refractivity contribution in [1.82, 2.24) is 9.99 Å². The lowest BCUT2D eigenvalue weighted by Crippen LogP contribution is -2.47. The number of ether oxygens (including phenoxy) is 2. The van der Waals surface area contributed by atoms with Crippen molar-refractivity contribution in [2.45, 2.75) is 17.6 Å². The first-order valence-corrected chi connectivity index (χ1v) is 7.79. The molecule has 2 unspecified atom stereocenters. The molecule has 0 spiro atoms. The fraction of sp³-hybridized carbons (Fsp3) is 0.312. The van der Waals surface area contributed by atoms with E-state index in [-0.39, 0.29) is 11.1 Å². The number of epoxide rings is 1. The molecule has 10 heteroatoms. The van der Waals surface area contributed by atoms with Gasteiger partial charge in [-0.25, -0.2) is 5.01 Å². The minimum Gasteiger partial charge on any atom is -0.343 e. The van der Waals surface area contributed by atoms with Crippen LogP contribution in [0, 0.1) is 0 Å². The van der Waals surface area contributed by atoms with Gasteiger partial charge in [-0.3, -0.25) is 9.78 Å². The number of benzene rings is 1. The maximum absolute atomic E-state index is 13.8. The van der Waals surface area contributed by atoms with Gasteiger partial charge in [-0.1, -0.05) is 17.7 Å². The Morgan fingerprint density at radius 2 is 2.12 bits per heavy atom. The minimum absolute atomic E-state index is 0.00139. The first-order chi connectivity index (χ1) is 12.2. The molecule has 2 aliphatic heterocycles. The van der Waals surface area contributed by atoms with Crippen molar-refractivity contribution < 1.29 is 27.4 Å². The summed E-state index contributed by atoms with van der Waals surface area (Å²) in [5, 5.41) is 4.59. The predicted octanol–water partition coefficient (Wildman–Crippen LogP) is 2.93. The van der Waals surface area contributed by atoms with E-state index in [2.05, 4.69) is 10.1 Å². The van der Waals surface area contributed by atoms with Gasteiger partial charge in [-0.15, -0.1) is 0 Å². The third-order valence-electron chi connectivity index (χ3n) is 4.55. The molecule has 26 heavy (non-hydrogen) atoms. The molecule has 1 aromatic carbocycles. The Morgan fingerprint density at radius 1 is 1.38 bits per heavy atom. The summed E-state index contributed by atoms with van der Waals surface area (Å²) in [5.74, 6) is -2.62. The lowest BCUT2D eigenvalue weighted by atomic mass is 9.87. The number of carbonyl (C=O) groups is 1. The molecular formula is C16H11ClF3N3O3. The molecule has 6 nitrogen and oxygen atoms in total. The first kappa shape index (κ1) is 17.2. The number of methoxy groups -OCH3 is 1. The molecule has 0 aliphatic carbocycles. The Morgan fingerprint density at radius 3 is 2.77 bits per heavy atom. The Kier molecular flexibility index (Phi) is 3.41. The SMILES string of the molecule is COC12OC1(c1cc3cccnc3c(Cl)c1C(F)(F)F)C=NN(C)C2=O. The minimum atomic E-state index is -4.81. The highest BCUT2D eigenvalue weighted by molar-refractivity contribution is 6.36. The van der Waals surface area contributed by atoms with Gasteiger partial charge >= 0.3 is 12.1 Å². The number of nitrogens with zero attached hydrogens (tertiary/aromatic N) is 3. The number of fused-ring (bicyclic) bond motifs is 2. The Balaban J connectivity index is 2.07. The second-order valence-corrected chi connectivity index (χ2v) is 6.30. The van der Waals surface area contributed by atoms with Crippen molar-refractivity contribution in [3.8, 4) is 0 Å². The van der Waals surface area contributed by atoms with Crippen LogP contribution in [0.1, 0.15) is 11.1 Å². The van der Waals surface area contributed by atoms with Crippen LogP contribution in [0.25, 0.3) is 10.9 Å². The van der Waals surface area contributed by atoms with Crippen LogP contribution in [0.15, 0.2) is 29.5 Å². The number of amides is 1. The molecule has 0 saturated carbocycles. The average Bonchev–Trinajstić information content (AvgIpc) is 3.29. The van der Waals surface area contributed by atoms with Crippen molar-refractivity contribution in [3.63, 3.8) is 0 Å². The number of likely N-dealkylation sites (N-methyl/N-ethyl adjacent to an activating group) is 1. The maximum atomic E-state index is 13.8. The van der Waals surface area contributed by atoms with Crippen LogP contribution in [0.4, 0.5) is 13.2 Å².